The summed E-state index contributed by atoms with van der Waals surface area (Å²) in [6, 6.07) is 13.9. The highest BCUT2D eigenvalue weighted by atomic mass is 32.2. The first kappa shape index (κ1) is 42.3. The van der Waals surface area contributed by atoms with Crippen LogP contribution >= 0.6 is 0 Å². The van der Waals surface area contributed by atoms with Crippen molar-refractivity contribution in [3.8, 4) is 0 Å². The monoisotopic (exact) mass is 837 g/mol. The molecule has 0 bridgehead atoms. The van der Waals surface area contributed by atoms with E-state index < -0.39 is 20.8 Å². The van der Waals surface area contributed by atoms with Gasteiger partial charge in [0.05, 0.1) is 38.3 Å². The summed E-state index contributed by atoms with van der Waals surface area (Å²) in [6.45, 7) is 12.6. The Morgan fingerprint density at radius 3 is 2.27 bits per heavy atom. The number of carbonyl (C=O) groups excluding carboxylic acids is 2. The number of esters is 1. The van der Waals surface area contributed by atoms with Crippen molar-refractivity contribution in [1.29, 1.82) is 0 Å². The molecule has 11 nitrogen and oxygen atoms in total. The number of halogens is 2. The topological polar surface area (TPSA) is 103 Å². The molecule has 14 heteroatoms. The molecule has 6 aliphatic rings. The van der Waals surface area contributed by atoms with Gasteiger partial charge in [-0.05, 0) is 118 Å². The predicted octanol–water partition coefficient (Wildman–Crippen LogP) is 4.56. The Morgan fingerprint density at radius 1 is 0.915 bits per heavy atom. The molecule has 0 N–H and O–H groups in total. The van der Waals surface area contributed by atoms with Crippen molar-refractivity contribution < 1.29 is 36.3 Å². The van der Waals surface area contributed by atoms with E-state index in [1.165, 1.54) is 13.2 Å². The van der Waals surface area contributed by atoms with Gasteiger partial charge in [0, 0.05) is 68.9 Å². The van der Waals surface area contributed by atoms with Crippen molar-refractivity contribution in [2.45, 2.75) is 66.2 Å². The van der Waals surface area contributed by atoms with Crippen LogP contribution in [0.3, 0.4) is 0 Å². The van der Waals surface area contributed by atoms with Crippen LogP contribution in [0.15, 0.2) is 65.6 Å². The molecule has 5 heterocycles. The number of hydrogen-bond donors (Lipinski definition) is 0. The van der Waals surface area contributed by atoms with Gasteiger partial charge in [-0.3, -0.25) is 19.4 Å². The fraction of sp³-hybridized carbons (Fsp3) is 0.644. The molecule has 8 rings (SSSR count). The summed E-state index contributed by atoms with van der Waals surface area (Å²) in [6.07, 6.45) is 6.28. The minimum atomic E-state index is -3.64. The van der Waals surface area contributed by atoms with E-state index in [0.29, 0.717) is 38.3 Å². The molecular weight excluding hydrogens is 777 g/mol. The third kappa shape index (κ3) is 8.85. The standard InChI is InChI=1S/C45H61F2N5O6S/c1-33(26-48-20-22-58-23-21-48)43(54)51-27-40(28-51)59(55,56)39-12-10-38(11-13-39)52-30-44(47,31-52)29-50-18-14-35(15-19-50)45(32-49-16-5-17-49,36-7-4-8-37(46)25-36)41-9-3-6-34(41)24-42(53)57-2/h4,7-8,10-13,25,34-35,40-41H,1,3,5-6,9,14-24,26-32H2,2H3/t34-,41+,45+/m1/s1. The second-order valence-corrected chi connectivity index (χ2v) is 20.4. The van der Waals surface area contributed by atoms with Gasteiger partial charge in [0.25, 0.3) is 5.91 Å². The summed E-state index contributed by atoms with van der Waals surface area (Å²) >= 11 is 0. The van der Waals surface area contributed by atoms with Crippen LogP contribution in [0.1, 0.15) is 50.5 Å². The summed E-state index contributed by atoms with van der Waals surface area (Å²) in [4.78, 5) is 36.1. The van der Waals surface area contributed by atoms with Crippen LogP contribution in [0.25, 0.3) is 0 Å². The Hall–Kier alpha value is -3.43. The number of alkyl halides is 1. The summed E-state index contributed by atoms with van der Waals surface area (Å²) < 4.78 is 68.8. The maximum absolute atomic E-state index is 16.3. The Morgan fingerprint density at radius 2 is 1.63 bits per heavy atom. The van der Waals surface area contributed by atoms with E-state index >= 15 is 8.78 Å². The molecule has 1 saturated carbocycles. The van der Waals surface area contributed by atoms with Crippen LogP contribution in [0.5, 0.6) is 0 Å². The molecule has 0 spiro atoms. The highest BCUT2D eigenvalue weighted by Crippen LogP contribution is 2.54. The predicted molar refractivity (Wildman–Crippen MR) is 222 cm³/mol. The average molecular weight is 838 g/mol. The van der Waals surface area contributed by atoms with Gasteiger partial charge in [0.1, 0.15) is 11.1 Å². The molecule has 2 aromatic rings. The number of likely N-dealkylation sites (tertiary alicyclic amines) is 3. The molecule has 1 amide bonds. The zero-order chi connectivity index (χ0) is 41.4. The quantitative estimate of drug-likeness (QED) is 0.188. The molecular formula is C45H61F2N5O6S. The summed E-state index contributed by atoms with van der Waals surface area (Å²) in [5.41, 5.74) is 0.565. The van der Waals surface area contributed by atoms with E-state index in [0.717, 1.165) is 95.6 Å². The lowest BCUT2D eigenvalue weighted by Gasteiger charge is -2.54. The van der Waals surface area contributed by atoms with Crippen molar-refractivity contribution in [1.82, 2.24) is 19.6 Å². The molecule has 0 radical (unpaired) electrons. The lowest BCUT2D eigenvalue weighted by atomic mass is 9.56. The number of anilines is 1. The highest BCUT2D eigenvalue weighted by Gasteiger charge is 2.54. The molecule has 5 saturated heterocycles. The van der Waals surface area contributed by atoms with Gasteiger partial charge in [-0.25, -0.2) is 17.2 Å². The molecule has 3 atom stereocenters. The van der Waals surface area contributed by atoms with E-state index in [1.807, 2.05) is 11.0 Å². The van der Waals surface area contributed by atoms with Gasteiger partial charge in [0.2, 0.25) is 0 Å². The third-order valence-corrected chi connectivity index (χ3v) is 16.6. The fourth-order valence-electron chi connectivity index (χ4n) is 11.1. The van der Waals surface area contributed by atoms with Gasteiger partial charge >= 0.3 is 5.97 Å². The van der Waals surface area contributed by atoms with Gasteiger partial charge in [-0.2, -0.15) is 0 Å². The van der Waals surface area contributed by atoms with Crippen LogP contribution in [0.2, 0.25) is 0 Å². The zero-order valence-electron chi connectivity index (χ0n) is 34.5. The molecule has 2 aromatic carbocycles. The SMILES string of the molecule is C=C(CN1CCOCC1)C(=O)N1CC(S(=O)(=O)c2ccc(N3CC(F)(CN4CCC([C@@](CN5CCC5)(c5cccc(F)c5)[C@H]5CCC[C@@H]5CC(=O)OC)CC4)C3)cc2)C1. The largest absolute Gasteiger partial charge is 0.469 e. The van der Waals surface area contributed by atoms with Crippen molar-refractivity contribution in [2.24, 2.45) is 17.8 Å². The second-order valence-electron chi connectivity index (χ2n) is 18.2. The van der Waals surface area contributed by atoms with E-state index in [9.17, 15) is 18.0 Å². The Labute approximate surface area is 348 Å². The van der Waals surface area contributed by atoms with E-state index in [-0.39, 0.29) is 71.9 Å². The molecule has 59 heavy (non-hydrogen) atoms. The van der Waals surface area contributed by atoms with Gasteiger partial charge < -0.3 is 24.2 Å². The third-order valence-electron chi connectivity index (χ3n) is 14.5. The highest BCUT2D eigenvalue weighted by molar-refractivity contribution is 7.92. The number of nitrogens with zero attached hydrogens (tertiary/aromatic N) is 5. The number of sulfone groups is 1. The average Bonchev–Trinajstić information content (AvgIpc) is 3.65. The molecule has 6 fully saturated rings. The molecule has 322 valence electrons. The second kappa shape index (κ2) is 17.5. The zero-order valence-corrected chi connectivity index (χ0v) is 35.4. The molecule has 0 aromatic heterocycles. The van der Waals surface area contributed by atoms with Crippen LogP contribution in [0, 0.1) is 23.6 Å². The van der Waals surface area contributed by atoms with E-state index in [1.54, 1.807) is 35.2 Å². The first-order valence-electron chi connectivity index (χ1n) is 21.7. The number of methoxy groups -OCH3 is 1. The molecule has 5 aliphatic heterocycles. The van der Waals surface area contributed by atoms with Crippen LogP contribution in [-0.4, -0.2) is 156 Å². The van der Waals surface area contributed by atoms with Crippen molar-refractivity contribution in [2.75, 3.05) is 110 Å². The number of benzene rings is 2. The Kier molecular flexibility index (Phi) is 12.5. The lowest BCUT2D eigenvalue weighted by Crippen LogP contribution is -2.64. The van der Waals surface area contributed by atoms with Crippen molar-refractivity contribution in [3.05, 3.63) is 72.1 Å². The molecule has 1 aliphatic carbocycles. The fourth-order valence-corrected chi connectivity index (χ4v) is 12.8. The van der Waals surface area contributed by atoms with Crippen molar-refractivity contribution >= 4 is 27.4 Å². The Balaban J connectivity index is 0.863. The number of rotatable bonds is 15. The number of piperidine rings is 1. The van der Waals surface area contributed by atoms with E-state index in [2.05, 4.69) is 27.3 Å². The van der Waals surface area contributed by atoms with Crippen molar-refractivity contribution in [3.63, 3.8) is 0 Å². The minimum Gasteiger partial charge on any atom is -0.469 e. The number of ether oxygens (including phenoxy) is 2. The maximum Gasteiger partial charge on any atom is 0.305 e. The lowest BCUT2D eigenvalue weighted by molar-refractivity contribution is -0.142. The summed E-state index contributed by atoms with van der Waals surface area (Å²) in [7, 11) is -2.19. The van der Waals surface area contributed by atoms with Crippen LogP contribution < -0.4 is 4.90 Å². The normalized spacial score (nSPS) is 25.7. The first-order valence-corrected chi connectivity index (χ1v) is 23.2. The number of hydrogen-bond acceptors (Lipinski definition) is 10. The van der Waals surface area contributed by atoms with E-state index in [4.69, 9.17) is 9.47 Å². The number of amides is 1. The van der Waals surface area contributed by atoms with Gasteiger partial charge in [0.15, 0.2) is 15.5 Å². The van der Waals surface area contributed by atoms with Crippen LogP contribution in [0.4, 0.5) is 14.5 Å². The van der Waals surface area contributed by atoms with Gasteiger partial charge in [-0.1, -0.05) is 25.1 Å². The summed E-state index contributed by atoms with van der Waals surface area (Å²) in [5, 5.41) is -0.672. The minimum absolute atomic E-state index is 0.138. The van der Waals surface area contributed by atoms with Crippen LogP contribution in [-0.2, 0) is 34.3 Å². The first-order chi connectivity index (χ1) is 28.4. The number of carbonyl (C=O) groups is 2. The smallest absolute Gasteiger partial charge is 0.305 e. The number of morpholine rings is 1. The molecule has 0 unspecified atom stereocenters. The van der Waals surface area contributed by atoms with Gasteiger partial charge in [-0.15, -0.1) is 0 Å². The Bertz CT molecular complexity index is 1940. The maximum atomic E-state index is 16.3. The summed E-state index contributed by atoms with van der Waals surface area (Å²) in [5.74, 6) is 0.0274.